The van der Waals surface area contributed by atoms with E-state index in [1.54, 1.807) is 14.0 Å². The van der Waals surface area contributed by atoms with Crippen molar-refractivity contribution >= 4 is 14.5 Å². The fourth-order valence-electron chi connectivity index (χ4n) is 1.75. The van der Waals surface area contributed by atoms with Crippen LogP contribution in [0.5, 0.6) is 5.75 Å². The molecule has 0 saturated heterocycles. The van der Waals surface area contributed by atoms with Crippen LogP contribution in [0.4, 0.5) is 0 Å². The van der Waals surface area contributed by atoms with Crippen molar-refractivity contribution in [3.63, 3.8) is 0 Å². The minimum absolute atomic E-state index is 0.284. The molecule has 0 aromatic heterocycles. The third-order valence-corrected chi connectivity index (χ3v) is 4.67. The van der Waals surface area contributed by atoms with Gasteiger partial charge in [-0.25, -0.2) is 5.09 Å². The molecule has 22 heavy (non-hydrogen) atoms. The molecule has 0 heterocycles. The van der Waals surface area contributed by atoms with Crippen molar-refractivity contribution in [2.24, 2.45) is 5.92 Å². The fraction of sp³-hybridized carbons (Fsp3) is 0.562. The molecule has 6 heteroatoms. The average Bonchev–Trinajstić information content (AvgIpc) is 2.55. The van der Waals surface area contributed by atoms with Gasteiger partial charge >= 0.3 is 14.5 Å². The van der Waals surface area contributed by atoms with Crippen molar-refractivity contribution in [2.45, 2.75) is 39.7 Å². The summed E-state index contributed by atoms with van der Waals surface area (Å²) in [5.74, 6) is 0.828. The Hall–Kier alpha value is -1.16. The Morgan fingerprint density at radius 3 is 2.41 bits per heavy atom. The van der Waals surface area contributed by atoms with Gasteiger partial charge in [-0.3, -0.25) is 4.79 Å². The third kappa shape index (κ3) is 6.73. The first-order chi connectivity index (χ1) is 10.6. The van der Waals surface area contributed by atoms with Gasteiger partial charge in [0.05, 0.1) is 6.61 Å². The minimum Gasteiger partial charge on any atom is -0.464 e. The zero-order chi connectivity index (χ0) is 16.4. The number of nitrogens with one attached hydrogen (secondary N) is 1. The van der Waals surface area contributed by atoms with Gasteiger partial charge in [0, 0.05) is 7.11 Å². The number of para-hydroxylation sites is 1. The van der Waals surface area contributed by atoms with Gasteiger partial charge in [0.15, 0.2) is 0 Å². The lowest BCUT2D eigenvalue weighted by Gasteiger charge is -2.21. The molecule has 0 radical (unpaired) electrons. The number of ether oxygens (including phenoxy) is 1. The number of rotatable bonds is 10. The lowest BCUT2D eigenvalue weighted by Crippen LogP contribution is -2.34. The van der Waals surface area contributed by atoms with Crippen molar-refractivity contribution < 1.29 is 18.6 Å². The van der Waals surface area contributed by atoms with Crippen LogP contribution in [-0.4, -0.2) is 25.7 Å². The maximum absolute atomic E-state index is 12.0. The fourth-order valence-corrected chi connectivity index (χ4v) is 2.72. The number of carbonyl (C=O) groups is 1. The molecule has 0 amide bonds. The molecule has 0 spiro atoms. The average molecular weight is 327 g/mol. The smallest absolute Gasteiger partial charge is 0.323 e. The Kier molecular flexibility index (Phi) is 9.05. The molecule has 1 rings (SSSR count). The van der Waals surface area contributed by atoms with Crippen LogP contribution in [0.25, 0.3) is 0 Å². The first kappa shape index (κ1) is 18.9. The van der Waals surface area contributed by atoms with Crippen molar-refractivity contribution in [2.75, 3.05) is 13.7 Å². The van der Waals surface area contributed by atoms with E-state index < -0.39 is 14.6 Å². The van der Waals surface area contributed by atoms with E-state index in [-0.39, 0.29) is 5.97 Å². The summed E-state index contributed by atoms with van der Waals surface area (Å²) >= 11 is 0. The van der Waals surface area contributed by atoms with Crippen LogP contribution in [0.1, 0.15) is 33.6 Å². The Morgan fingerprint density at radius 2 is 1.86 bits per heavy atom. The molecule has 1 N–H and O–H groups in total. The van der Waals surface area contributed by atoms with Crippen LogP contribution in [0, 0.1) is 5.92 Å². The highest BCUT2D eigenvalue weighted by molar-refractivity contribution is 7.45. The molecule has 0 aliphatic rings. The van der Waals surface area contributed by atoms with Crippen LogP contribution in [0.2, 0.25) is 0 Å². The van der Waals surface area contributed by atoms with Crippen LogP contribution in [0.3, 0.4) is 0 Å². The summed E-state index contributed by atoms with van der Waals surface area (Å²) in [5, 5.41) is 3.02. The van der Waals surface area contributed by atoms with E-state index in [9.17, 15) is 4.79 Å². The van der Waals surface area contributed by atoms with Crippen molar-refractivity contribution in [3.8, 4) is 5.75 Å². The molecular formula is C16H26NO4P. The lowest BCUT2D eigenvalue weighted by atomic mass is 10.1. The highest BCUT2D eigenvalue weighted by Crippen LogP contribution is 2.34. The molecule has 0 aliphatic heterocycles. The van der Waals surface area contributed by atoms with Gasteiger partial charge in [-0.05, 0) is 25.0 Å². The first-order valence-corrected chi connectivity index (χ1v) is 8.78. The van der Waals surface area contributed by atoms with Gasteiger partial charge in [0.25, 0.3) is 0 Å². The van der Waals surface area contributed by atoms with Crippen LogP contribution in [0.15, 0.2) is 30.3 Å². The van der Waals surface area contributed by atoms with E-state index in [4.69, 9.17) is 13.8 Å². The highest BCUT2D eigenvalue weighted by atomic mass is 31.2. The second-order valence-corrected chi connectivity index (χ2v) is 6.33. The summed E-state index contributed by atoms with van der Waals surface area (Å²) in [4.78, 5) is 12.0. The van der Waals surface area contributed by atoms with Gasteiger partial charge in [-0.15, -0.1) is 0 Å². The second-order valence-electron chi connectivity index (χ2n) is 5.01. The summed E-state index contributed by atoms with van der Waals surface area (Å²) in [6, 6.07) is 8.87. The van der Waals surface area contributed by atoms with Gasteiger partial charge in [0.1, 0.15) is 11.8 Å². The van der Waals surface area contributed by atoms with E-state index in [1.165, 1.54) is 0 Å². The largest absolute Gasteiger partial charge is 0.464 e. The Bertz CT molecular complexity index is 425. The first-order valence-electron chi connectivity index (χ1n) is 7.60. The van der Waals surface area contributed by atoms with Crippen molar-refractivity contribution in [1.82, 2.24) is 5.09 Å². The predicted molar refractivity (Wildman–Crippen MR) is 88.6 cm³/mol. The number of hydrogen-bond donors (Lipinski definition) is 1. The van der Waals surface area contributed by atoms with Crippen LogP contribution in [-0.2, 0) is 14.1 Å². The van der Waals surface area contributed by atoms with Crippen LogP contribution < -0.4 is 9.61 Å². The molecule has 0 bridgehead atoms. The van der Waals surface area contributed by atoms with Crippen molar-refractivity contribution in [3.05, 3.63) is 30.3 Å². The van der Waals surface area contributed by atoms with E-state index >= 15 is 0 Å². The summed E-state index contributed by atoms with van der Waals surface area (Å²) in [6.07, 6.45) is 2.01. The number of hydrogen-bond acceptors (Lipinski definition) is 5. The van der Waals surface area contributed by atoms with Gasteiger partial charge in [-0.2, -0.15) is 0 Å². The molecule has 5 nitrogen and oxygen atoms in total. The molecule has 124 valence electrons. The third-order valence-electron chi connectivity index (χ3n) is 3.37. The SMILES string of the molecule is CCC(CC)COC(=O)C(C)NP(OC)Oc1ccccc1. The number of carbonyl (C=O) groups excluding carboxylic acids is 1. The summed E-state index contributed by atoms with van der Waals surface area (Å²) in [6.45, 7) is 6.41. The topological polar surface area (TPSA) is 56.8 Å². The van der Waals surface area contributed by atoms with E-state index in [0.29, 0.717) is 18.3 Å². The maximum atomic E-state index is 12.0. The molecule has 0 saturated carbocycles. The monoisotopic (exact) mass is 327 g/mol. The standard InChI is InChI=1S/C16H26NO4P/c1-5-14(6-2)12-20-16(18)13(3)17-22(19-4)21-15-10-8-7-9-11-15/h7-11,13-14,17H,5-6,12H2,1-4H3. The Balaban J connectivity index is 2.43. The number of benzene rings is 1. The molecule has 0 fully saturated rings. The zero-order valence-corrected chi connectivity index (χ0v) is 14.6. The van der Waals surface area contributed by atoms with Gasteiger partial charge < -0.3 is 13.8 Å². The molecule has 2 atom stereocenters. The minimum atomic E-state index is -1.39. The van der Waals surface area contributed by atoms with E-state index in [2.05, 4.69) is 18.9 Å². The highest BCUT2D eigenvalue weighted by Gasteiger charge is 2.22. The molecule has 1 aromatic rings. The lowest BCUT2D eigenvalue weighted by molar-refractivity contribution is -0.146. The molecule has 1 aromatic carbocycles. The van der Waals surface area contributed by atoms with E-state index in [0.717, 1.165) is 12.8 Å². The maximum Gasteiger partial charge on any atom is 0.323 e. The summed E-state index contributed by atoms with van der Waals surface area (Å²) in [5.41, 5.74) is 0. The summed E-state index contributed by atoms with van der Waals surface area (Å²) in [7, 11) is 0.155. The number of esters is 1. The summed E-state index contributed by atoms with van der Waals surface area (Å²) < 4.78 is 16.3. The second kappa shape index (κ2) is 10.5. The van der Waals surface area contributed by atoms with Gasteiger partial charge in [0.2, 0.25) is 0 Å². The Morgan fingerprint density at radius 1 is 1.23 bits per heavy atom. The van der Waals surface area contributed by atoms with Crippen molar-refractivity contribution in [1.29, 1.82) is 0 Å². The normalized spacial score (nSPS) is 13.7. The Labute approximate surface area is 134 Å². The molecule has 2 unspecified atom stereocenters. The van der Waals surface area contributed by atoms with E-state index in [1.807, 2.05) is 30.3 Å². The molecule has 0 aliphatic carbocycles. The van der Waals surface area contributed by atoms with Crippen LogP contribution >= 0.6 is 8.53 Å². The van der Waals surface area contributed by atoms with Gasteiger partial charge in [-0.1, -0.05) is 44.9 Å². The quantitative estimate of drug-likeness (QED) is 0.522. The zero-order valence-electron chi connectivity index (χ0n) is 13.7. The predicted octanol–water partition coefficient (Wildman–Crippen LogP) is 3.90. The molecular weight excluding hydrogens is 301 g/mol.